The molecule has 2 atom stereocenters. The molecule has 1 aromatic heterocycles. The molecule has 1 aliphatic rings. The lowest BCUT2D eigenvalue weighted by Crippen LogP contribution is -2.42. The van der Waals surface area contributed by atoms with Crippen LogP contribution in [0.15, 0.2) is 22.8 Å². The highest BCUT2D eigenvalue weighted by atomic mass is 16.5. The maximum absolute atomic E-state index is 12.0. The number of ether oxygens (including phenoxy) is 1. The number of esters is 1. The Bertz CT molecular complexity index is 612. The van der Waals surface area contributed by atoms with Crippen molar-refractivity contribution in [1.82, 2.24) is 10.2 Å². The van der Waals surface area contributed by atoms with Gasteiger partial charge >= 0.3 is 12.0 Å². The highest BCUT2D eigenvalue weighted by Gasteiger charge is 2.36. The fraction of sp³-hybridized carbons (Fsp3) is 0.429. The molecule has 0 spiro atoms. The van der Waals surface area contributed by atoms with Crippen molar-refractivity contribution in [3.05, 3.63) is 24.2 Å². The van der Waals surface area contributed by atoms with Crippen molar-refractivity contribution in [2.75, 3.05) is 6.54 Å². The number of furan rings is 1. The normalized spacial score (nSPS) is 18.6. The van der Waals surface area contributed by atoms with E-state index in [0.29, 0.717) is 5.76 Å². The van der Waals surface area contributed by atoms with Gasteiger partial charge in [0.2, 0.25) is 5.91 Å². The van der Waals surface area contributed by atoms with Gasteiger partial charge in [-0.15, -0.1) is 0 Å². The average Bonchev–Trinajstić information content (AvgIpc) is 3.09. The molecule has 1 saturated heterocycles. The first-order valence-electron chi connectivity index (χ1n) is 6.97. The van der Waals surface area contributed by atoms with Crippen LogP contribution in [0.2, 0.25) is 0 Å². The summed E-state index contributed by atoms with van der Waals surface area (Å²) in [6.45, 7) is 1.77. The van der Waals surface area contributed by atoms with Gasteiger partial charge in [-0.2, -0.15) is 0 Å². The third kappa shape index (κ3) is 4.31. The second-order valence-corrected chi connectivity index (χ2v) is 5.19. The minimum absolute atomic E-state index is 0.00367. The predicted molar refractivity (Wildman–Crippen MR) is 75.5 cm³/mol. The Balaban J connectivity index is 1.87. The van der Waals surface area contributed by atoms with Crippen molar-refractivity contribution in [2.24, 2.45) is 11.7 Å². The average molecular weight is 323 g/mol. The van der Waals surface area contributed by atoms with Crippen LogP contribution in [0.3, 0.4) is 0 Å². The number of imide groups is 1. The number of amides is 4. The lowest BCUT2D eigenvalue weighted by Gasteiger charge is -2.16. The maximum atomic E-state index is 12.0. The number of nitrogens with two attached hydrogens (primary N) is 1. The van der Waals surface area contributed by atoms with Crippen LogP contribution in [0.4, 0.5) is 4.79 Å². The van der Waals surface area contributed by atoms with E-state index >= 15 is 0 Å². The number of carbonyl (C=O) groups is 4. The van der Waals surface area contributed by atoms with Crippen molar-refractivity contribution in [2.45, 2.75) is 26.0 Å². The molecule has 9 nitrogen and oxygen atoms in total. The summed E-state index contributed by atoms with van der Waals surface area (Å²) in [5, 5.41) is 1.82. The van der Waals surface area contributed by atoms with Gasteiger partial charge in [0, 0.05) is 13.0 Å². The summed E-state index contributed by atoms with van der Waals surface area (Å²) < 4.78 is 10.1. The lowest BCUT2D eigenvalue weighted by atomic mass is 10.1. The Morgan fingerprint density at radius 1 is 1.52 bits per heavy atom. The van der Waals surface area contributed by atoms with Crippen molar-refractivity contribution in [1.29, 1.82) is 0 Å². The van der Waals surface area contributed by atoms with Crippen LogP contribution in [-0.2, 0) is 25.7 Å². The van der Waals surface area contributed by atoms with Gasteiger partial charge in [0.25, 0.3) is 5.91 Å². The highest BCUT2D eigenvalue weighted by molar-refractivity contribution is 5.96. The molecule has 2 rings (SSSR count). The van der Waals surface area contributed by atoms with E-state index in [4.69, 9.17) is 14.9 Å². The van der Waals surface area contributed by atoms with E-state index in [1.54, 1.807) is 12.1 Å². The Morgan fingerprint density at radius 3 is 2.87 bits per heavy atom. The molecule has 4 amide bonds. The van der Waals surface area contributed by atoms with E-state index in [2.05, 4.69) is 0 Å². The smallest absolute Gasteiger partial charge is 0.318 e. The lowest BCUT2D eigenvalue weighted by molar-refractivity contribution is -0.158. The molecule has 23 heavy (non-hydrogen) atoms. The number of primary amides is 1. The molecule has 0 radical (unpaired) electrons. The molecule has 0 aromatic carbocycles. The molecule has 0 unspecified atom stereocenters. The molecule has 1 aliphatic heterocycles. The SMILES string of the molecule is C[C@H](OC(=O)[C@@H]1CC(=O)N(Cc2ccco2)C1)C(=O)NC(N)=O. The van der Waals surface area contributed by atoms with E-state index in [1.165, 1.54) is 18.1 Å². The second-order valence-electron chi connectivity index (χ2n) is 5.19. The first-order chi connectivity index (χ1) is 10.9. The van der Waals surface area contributed by atoms with Gasteiger partial charge in [-0.25, -0.2) is 4.79 Å². The molecule has 124 valence electrons. The van der Waals surface area contributed by atoms with Crippen LogP contribution in [-0.4, -0.2) is 41.4 Å². The molecule has 0 aliphatic carbocycles. The predicted octanol–water partition coefficient (Wildman–Crippen LogP) is -0.245. The van der Waals surface area contributed by atoms with Crippen molar-refractivity contribution >= 4 is 23.8 Å². The fourth-order valence-electron chi connectivity index (χ4n) is 2.22. The number of nitrogens with zero attached hydrogens (tertiary/aromatic N) is 1. The standard InChI is InChI=1S/C14H17N3O6/c1-8(12(19)16-14(15)21)23-13(20)9-5-11(18)17(6-9)7-10-3-2-4-22-10/h2-4,8-9H,5-7H2,1H3,(H3,15,16,19,21)/t8-,9+/m0/s1. The van der Waals surface area contributed by atoms with E-state index in [1.807, 2.05) is 5.32 Å². The third-order valence-corrected chi connectivity index (χ3v) is 3.38. The van der Waals surface area contributed by atoms with Crippen LogP contribution >= 0.6 is 0 Å². The van der Waals surface area contributed by atoms with Gasteiger partial charge in [-0.1, -0.05) is 0 Å². The first kappa shape index (κ1) is 16.5. The molecule has 1 fully saturated rings. The van der Waals surface area contributed by atoms with Crippen LogP contribution in [0.1, 0.15) is 19.1 Å². The van der Waals surface area contributed by atoms with E-state index in [0.717, 1.165) is 0 Å². The summed E-state index contributed by atoms with van der Waals surface area (Å²) in [6, 6.07) is 2.41. The van der Waals surface area contributed by atoms with Crippen molar-refractivity contribution in [3.63, 3.8) is 0 Å². The topological polar surface area (TPSA) is 132 Å². The molecule has 2 heterocycles. The van der Waals surface area contributed by atoms with E-state index < -0.39 is 29.9 Å². The van der Waals surface area contributed by atoms with Gasteiger partial charge < -0.3 is 19.8 Å². The van der Waals surface area contributed by atoms with Crippen LogP contribution in [0.25, 0.3) is 0 Å². The largest absolute Gasteiger partial charge is 0.467 e. The van der Waals surface area contributed by atoms with Gasteiger partial charge in [0.15, 0.2) is 6.10 Å². The Labute approximate surface area is 131 Å². The minimum Gasteiger partial charge on any atom is -0.467 e. The van der Waals surface area contributed by atoms with Gasteiger partial charge in [0.1, 0.15) is 5.76 Å². The zero-order valence-corrected chi connectivity index (χ0v) is 12.5. The summed E-state index contributed by atoms with van der Waals surface area (Å²) in [4.78, 5) is 47.5. The van der Waals surface area contributed by atoms with E-state index in [-0.39, 0.29) is 25.4 Å². The van der Waals surface area contributed by atoms with Crippen LogP contribution in [0, 0.1) is 5.92 Å². The highest BCUT2D eigenvalue weighted by Crippen LogP contribution is 2.22. The summed E-state index contributed by atoms with van der Waals surface area (Å²) in [5.41, 5.74) is 4.81. The molecular weight excluding hydrogens is 306 g/mol. The zero-order chi connectivity index (χ0) is 17.0. The Morgan fingerprint density at radius 2 is 2.26 bits per heavy atom. The number of nitrogens with one attached hydrogen (secondary N) is 1. The zero-order valence-electron chi connectivity index (χ0n) is 12.5. The van der Waals surface area contributed by atoms with Crippen LogP contribution in [0.5, 0.6) is 0 Å². The number of rotatable bonds is 5. The Kier molecular flexibility index (Phi) is 4.99. The number of hydrogen-bond acceptors (Lipinski definition) is 6. The first-order valence-corrected chi connectivity index (χ1v) is 6.97. The van der Waals surface area contributed by atoms with Crippen LogP contribution < -0.4 is 11.1 Å². The van der Waals surface area contributed by atoms with E-state index in [9.17, 15) is 19.2 Å². The monoisotopic (exact) mass is 323 g/mol. The summed E-state index contributed by atoms with van der Waals surface area (Å²) in [5.74, 6) is -1.74. The van der Waals surface area contributed by atoms with Gasteiger partial charge in [-0.05, 0) is 19.1 Å². The molecule has 3 N–H and O–H groups in total. The molecule has 0 bridgehead atoms. The fourth-order valence-corrected chi connectivity index (χ4v) is 2.22. The maximum Gasteiger partial charge on any atom is 0.318 e. The second kappa shape index (κ2) is 6.95. The molecule has 0 saturated carbocycles. The molecule has 9 heteroatoms. The Hall–Kier alpha value is -2.84. The minimum atomic E-state index is -1.18. The van der Waals surface area contributed by atoms with Crippen molar-refractivity contribution < 1.29 is 28.3 Å². The summed E-state index contributed by atoms with van der Waals surface area (Å²) in [7, 11) is 0. The molecule has 1 aromatic rings. The van der Waals surface area contributed by atoms with Crippen molar-refractivity contribution in [3.8, 4) is 0 Å². The summed E-state index contributed by atoms with van der Waals surface area (Å²) in [6.07, 6.45) is 0.328. The number of hydrogen-bond donors (Lipinski definition) is 2. The summed E-state index contributed by atoms with van der Waals surface area (Å²) >= 11 is 0. The third-order valence-electron chi connectivity index (χ3n) is 3.38. The number of carbonyl (C=O) groups excluding carboxylic acids is 4. The van der Waals surface area contributed by atoms with Gasteiger partial charge in [0.05, 0.1) is 18.7 Å². The van der Waals surface area contributed by atoms with Gasteiger partial charge in [-0.3, -0.25) is 19.7 Å². The quantitative estimate of drug-likeness (QED) is 0.718. The number of likely N-dealkylation sites (tertiary alicyclic amines) is 1. The molecular formula is C14H17N3O6. The number of urea groups is 1.